The van der Waals surface area contributed by atoms with Crippen molar-refractivity contribution in [1.82, 2.24) is 5.32 Å². The molecule has 1 unspecified atom stereocenters. The fourth-order valence-electron chi connectivity index (χ4n) is 2.00. The van der Waals surface area contributed by atoms with Crippen LogP contribution in [-0.4, -0.2) is 13.7 Å². The van der Waals surface area contributed by atoms with Gasteiger partial charge in [0, 0.05) is 27.0 Å². The normalized spacial score (nSPS) is 12.4. The lowest BCUT2D eigenvalue weighted by atomic mass is 10.0. The first kappa shape index (κ1) is 15.4. The second kappa shape index (κ2) is 6.65. The standard InChI is InChI=1S/C14H14BrF2NOS/c1-3-18-13(14-9(15)4-5-20-14)12-10(16)6-8(19-2)7-11(12)17/h4-7,13,18H,3H2,1-2H3. The molecule has 1 aromatic heterocycles. The molecule has 1 heterocycles. The van der Waals surface area contributed by atoms with Gasteiger partial charge in [-0.2, -0.15) is 0 Å². The van der Waals surface area contributed by atoms with Gasteiger partial charge in [0.15, 0.2) is 0 Å². The van der Waals surface area contributed by atoms with Crippen LogP contribution in [0.5, 0.6) is 5.75 Å². The van der Waals surface area contributed by atoms with Crippen LogP contribution in [0.4, 0.5) is 8.78 Å². The molecule has 0 aliphatic rings. The molecule has 1 N–H and O–H groups in total. The van der Waals surface area contributed by atoms with E-state index in [0.29, 0.717) is 6.54 Å². The zero-order valence-corrected chi connectivity index (χ0v) is 13.4. The van der Waals surface area contributed by atoms with E-state index in [1.54, 1.807) is 0 Å². The number of hydrogen-bond donors (Lipinski definition) is 1. The molecule has 1 aromatic carbocycles. The molecule has 108 valence electrons. The van der Waals surface area contributed by atoms with Crippen molar-refractivity contribution in [2.45, 2.75) is 13.0 Å². The molecule has 0 aliphatic heterocycles. The Morgan fingerprint density at radius 2 is 2.00 bits per heavy atom. The Morgan fingerprint density at radius 1 is 1.35 bits per heavy atom. The van der Waals surface area contributed by atoms with Crippen LogP contribution in [0.3, 0.4) is 0 Å². The summed E-state index contributed by atoms with van der Waals surface area (Å²) in [7, 11) is 1.38. The zero-order chi connectivity index (χ0) is 14.7. The molecule has 0 saturated heterocycles. The lowest BCUT2D eigenvalue weighted by Crippen LogP contribution is -2.23. The highest BCUT2D eigenvalue weighted by molar-refractivity contribution is 9.10. The van der Waals surface area contributed by atoms with Gasteiger partial charge in [0.05, 0.1) is 13.2 Å². The molecule has 0 saturated carbocycles. The second-order valence-electron chi connectivity index (χ2n) is 4.13. The molecule has 1 atom stereocenters. The lowest BCUT2D eigenvalue weighted by molar-refractivity contribution is 0.403. The van der Waals surface area contributed by atoms with Gasteiger partial charge in [0.1, 0.15) is 17.4 Å². The van der Waals surface area contributed by atoms with Crippen molar-refractivity contribution in [1.29, 1.82) is 0 Å². The summed E-state index contributed by atoms with van der Waals surface area (Å²) in [6, 6.07) is 3.73. The SMILES string of the molecule is CCNC(c1sccc1Br)c1c(F)cc(OC)cc1F. The van der Waals surface area contributed by atoms with E-state index in [1.807, 2.05) is 18.4 Å². The topological polar surface area (TPSA) is 21.3 Å². The number of benzene rings is 1. The molecule has 0 radical (unpaired) electrons. The molecule has 0 spiro atoms. The third-order valence-electron chi connectivity index (χ3n) is 2.89. The van der Waals surface area contributed by atoms with Crippen LogP contribution in [0.25, 0.3) is 0 Å². The maximum Gasteiger partial charge on any atom is 0.134 e. The predicted octanol–water partition coefficient (Wildman–Crippen LogP) is 4.50. The Hall–Kier alpha value is -0.980. The van der Waals surface area contributed by atoms with E-state index in [0.717, 1.165) is 9.35 Å². The zero-order valence-electron chi connectivity index (χ0n) is 11.0. The van der Waals surface area contributed by atoms with Gasteiger partial charge in [-0.25, -0.2) is 8.78 Å². The average Bonchev–Trinajstić information content (AvgIpc) is 2.82. The highest BCUT2D eigenvalue weighted by atomic mass is 79.9. The number of ether oxygens (including phenoxy) is 1. The maximum atomic E-state index is 14.2. The minimum atomic E-state index is -0.617. The van der Waals surface area contributed by atoms with Crippen LogP contribution in [0, 0.1) is 11.6 Å². The number of hydrogen-bond acceptors (Lipinski definition) is 3. The van der Waals surface area contributed by atoms with Crippen LogP contribution in [0.15, 0.2) is 28.1 Å². The van der Waals surface area contributed by atoms with Gasteiger partial charge < -0.3 is 10.1 Å². The first-order valence-corrected chi connectivity index (χ1v) is 7.75. The van der Waals surface area contributed by atoms with Gasteiger partial charge in [0.2, 0.25) is 0 Å². The maximum absolute atomic E-state index is 14.2. The second-order valence-corrected chi connectivity index (χ2v) is 5.93. The van der Waals surface area contributed by atoms with Crippen LogP contribution >= 0.6 is 27.3 Å². The molecule has 2 aromatic rings. The molecule has 0 aliphatic carbocycles. The Labute approximate surface area is 128 Å². The van der Waals surface area contributed by atoms with Crippen molar-refractivity contribution < 1.29 is 13.5 Å². The molecule has 20 heavy (non-hydrogen) atoms. The number of rotatable bonds is 5. The summed E-state index contributed by atoms with van der Waals surface area (Å²) in [4.78, 5) is 0.842. The Morgan fingerprint density at radius 3 is 2.45 bits per heavy atom. The monoisotopic (exact) mass is 361 g/mol. The largest absolute Gasteiger partial charge is 0.497 e. The first-order valence-electron chi connectivity index (χ1n) is 6.07. The Kier molecular flexibility index (Phi) is 5.12. The fraction of sp³-hybridized carbons (Fsp3) is 0.286. The molecule has 6 heteroatoms. The molecule has 2 rings (SSSR count). The van der Waals surface area contributed by atoms with E-state index < -0.39 is 17.7 Å². The lowest BCUT2D eigenvalue weighted by Gasteiger charge is -2.19. The van der Waals surface area contributed by atoms with Gasteiger partial charge >= 0.3 is 0 Å². The van der Waals surface area contributed by atoms with Crippen LogP contribution in [0.1, 0.15) is 23.4 Å². The molecule has 2 nitrogen and oxygen atoms in total. The van der Waals surface area contributed by atoms with Crippen molar-refractivity contribution >= 4 is 27.3 Å². The van der Waals surface area contributed by atoms with Gasteiger partial charge in [-0.3, -0.25) is 0 Å². The van der Waals surface area contributed by atoms with Crippen molar-refractivity contribution in [3.63, 3.8) is 0 Å². The predicted molar refractivity (Wildman–Crippen MR) is 80.4 cm³/mol. The van der Waals surface area contributed by atoms with Crippen LogP contribution in [-0.2, 0) is 0 Å². The third-order valence-corrected chi connectivity index (χ3v) is 4.83. The van der Waals surface area contributed by atoms with Gasteiger partial charge in [-0.1, -0.05) is 6.92 Å². The summed E-state index contributed by atoms with van der Waals surface area (Å²) in [6.07, 6.45) is 0. The summed E-state index contributed by atoms with van der Waals surface area (Å²) in [5.74, 6) is -1.06. The molecular formula is C14H14BrF2NOS. The van der Waals surface area contributed by atoms with E-state index in [4.69, 9.17) is 4.74 Å². The number of halogens is 3. The molecule has 0 bridgehead atoms. The van der Waals surface area contributed by atoms with E-state index >= 15 is 0 Å². The Balaban J connectivity index is 2.53. The molecule has 0 amide bonds. The van der Waals surface area contributed by atoms with E-state index in [-0.39, 0.29) is 11.3 Å². The van der Waals surface area contributed by atoms with Crippen LogP contribution < -0.4 is 10.1 Å². The molecule has 0 fully saturated rings. The first-order chi connectivity index (χ1) is 9.58. The minimum Gasteiger partial charge on any atom is -0.497 e. The van der Waals surface area contributed by atoms with Crippen molar-refractivity contribution in [2.24, 2.45) is 0 Å². The number of methoxy groups -OCH3 is 1. The minimum absolute atomic E-state index is 0.0100. The third kappa shape index (κ3) is 3.02. The molecular weight excluding hydrogens is 348 g/mol. The average molecular weight is 362 g/mol. The fourth-order valence-corrected chi connectivity index (χ4v) is 3.68. The smallest absolute Gasteiger partial charge is 0.134 e. The quantitative estimate of drug-likeness (QED) is 0.846. The van der Waals surface area contributed by atoms with Gasteiger partial charge in [-0.05, 0) is 33.9 Å². The van der Waals surface area contributed by atoms with E-state index in [1.165, 1.54) is 30.6 Å². The summed E-state index contributed by atoms with van der Waals surface area (Å²) in [5.41, 5.74) is 0.0100. The highest BCUT2D eigenvalue weighted by Crippen LogP contribution is 2.36. The van der Waals surface area contributed by atoms with E-state index in [2.05, 4.69) is 21.2 Å². The van der Waals surface area contributed by atoms with Crippen molar-refractivity contribution in [3.05, 3.63) is 50.1 Å². The van der Waals surface area contributed by atoms with E-state index in [9.17, 15) is 8.78 Å². The van der Waals surface area contributed by atoms with Crippen LogP contribution in [0.2, 0.25) is 0 Å². The number of nitrogens with one attached hydrogen (secondary N) is 1. The highest BCUT2D eigenvalue weighted by Gasteiger charge is 2.25. The van der Waals surface area contributed by atoms with Gasteiger partial charge in [0.25, 0.3) is 0 Å². The summed E-state index contributed by atoms with van der Waals surface area (Å²) >= 11 is 4.86. The Bertz CT molecular complexity index is 580. The summed E-state index contributed by atoms with van der Waals surface area (Å²) in [5, 5.41) is 5.00. The van der Waals surface area contributed by atoms with Crippen molar-refractivity contribution in [3.8, 4) is 5.75 Å². The van der Waals surface area contributed by atoms with Crippen molar-refractivity contribution in [2.75, 3.05) is 13.7 Å². The van der Waals surface area contributed by atoms with Gasteiger partial charge in [-0.15, -0.1) is 11.3 Å². The summed E-state index contributed by atoms with van der Waals surface area (Å²) < 4.78 is 34.2. The number of thiophene rings is 1. The summed E-state index contributed by atoms with van der Waals surface area (Å²) in [6.45, 7) is 2.49.